The summed E-state index contributed by atoms with van der Waals surface area (Å²) in [7, 11) is 0. The third kappa shape index (κ3) is 5.51. The van der Waals surface area contributed by atoms with Crippen molar-refractivity contribution in [3.05, 3.63) is 99.1 Å². The van der Waals surface area contributed by atoms with Gasteiger partial charge in [-0.1, -0.05) is 48.0 Å². The fourth-order valence-corrected chi connectivity index (χ4v) is 4.19. The lowest BCUT2D eigenvalue weighted by Crippen LogP contribution is -2.38. The quantitative estimate of drug-likeness (QED) is 0.259. The van der Waals surface area contributed by atoms with Crippen LogP contribution in [0, 0.1) is 0 Å². The molecule has 1 atom stereocenters. The Morgan fingerprint density at radius 3 is 2.59 bits per heavy atom. The molecule has 0 amide bonds. The second kappa shape index (κ2) is 10.2. The highest BCUT2D eigenvalue weighted by molar-refractivity contribution is 9.10. The number of aliphatic carboxylic acids is 1. The molecular formula is C25H22BrClN2O3. The van der Waals surface area contributed by atoms with Crippen LogP contribution in [0.15, 0.2) is 77.4 Å². The van der Waals surface area contributed by atoms with E-state index in [1.165, 1.54) is 0 Å². The standard InChI is InChI=1S/C25H22BrClN2O3/c26-21-11-17(7-10-24(21)32-15-16-5-8-19(27)9-6-16)13-28-23(25(30)31)12-18-14-29-22-4-2-1-3-20(18)22/h1-11,14,23,28-29H,12-13,15H2,(H,30,31)/t23-/m0/s1. The first-order valence-corrected chi connectivity index (χ1v) is 11.3. The summed E-state index contributed by atoms with van der Waals surface area (Å²) in [5.74, 6) is -0.158. The summed E-state index contributed by atoms with van der Waals surface area (Å²) < 4.78 is 6.70. The number of carbonyl (C=O) groups is 1. The van der Waals surface area contributed by atoms with E-state index in [0.717, 1.165) is 37.8 Å². The van der Waals surface area contributed by atoms with Crippen molar-refractivity contribution in [3.8, 4) is 5.75 Å². The zero-order chi connectivity index (χ0) is 22.5. The second-order valence-electron chi connectivity index (χ2n) is 7.52. The number of rotatable bonds is 9. The van der Waals surface area contributed by atoms with Crippen molar-refractivity contribution in [3.63, 3.8) is 0 Å². The second-order valence-corrected chi connectivity index (χ2v) is 8.81. The normalized spacial score (nSPS) is 12.1. The van der Waals surface area contributed by atoms with Crippen molar-refractivity contribution < 1.29 is 14.6 Å². The topological polar surface area (TPSA) is 74.3 Å². The molecule has 164 valence electrons. The summed E-state index contributed by atoms with van der Waals surface area (Å²) in [5.41, 5.74) is 3.96. The first kappa shape index (κ1) is 22.4. The number of halogens is 2. The number of aromatic amines is 1. The van der Waals surface area contributed by atoms with Gasteiger partial charge in [0.1, 0.15) is 18.4 Å². The van der Waals surface area contributed by atoms with Crippen molar-refractivity contribution >= 4 is 44.4 Å². The van der Waals surface area contributed by atoms with Crippen LogP contribution in [-0.2, 0) is 24.4 Å². The minimum Gasteiger partial charge on any atom is -0.488 e. The molecule has 7 heteroatoms. The van der Waals surface area contributed by atoms with Crippen LogP contribution in [0.3, 0.4) is 0 Å². The van der Waals surface area contributed by atoms with E-state index in [2.05, 4.69) is 26.2 Å². The SMILES string of the molecule is O=C(O)[C@H](Cc1c[nH]c2ccccc12)NCc1ccc(OCc2ccc(Cl)cc2)c(Br)c1. The first-order valence-electron chi connectivity index (χ1n) is 10.2. The Kier molecular flexibility index (Phi) is 7.15. The number of aromatic nitrogens is 1. The summed E-state index contributed by atoms with van der Waals surface area (Å²) in [6, 6.07) is 20.5. The van der Waals surface area contributed by atoms with Gasteiger partial charge in [0, 0.05) is 35.1 Å². The van der Waals surface area contributed by atoms with Crippen molar-refractivity contribution in [1.29, 1.82) is 0 Å². The van der Waals surface area contributed by atoms with Gasteiger partial charge >= 0.3 is 5.97 Å². The van der Waals surface area contributed by atoms with Gasteiger partial charge in [0.15, 0.2) is 0 Å². The van der Waals surface area contributed by atoms with Crippen LogP contribution in [0.2, 0.25) is 5.02 Å². The van der Waals surface area contributed by atoms with Gasteiger partial charge in [-0.2, -0.15) is 0 Å². The summed E-state index contributed by atoms with van der Waals surface area (Å²) in [6.07, 6.45) is 2.27. The van der Waals surface area contributed by atoms with Crippen molar-refractivity contribution in [2.75, 3.05) is 0 Å². The Bertz CT molecular complexity index is 1220. The zero-order valence-electron chi connectivity index (χ0n) is 17.1. The van der Waals surface area contributed by atoms with Crippen molar-refractivity contribution in [1.82, 2.24) is 10.3 Å². The molecule has 0 unspecified atom stereocenters. The average molecular weight is 514 g/mol. The van der Waals surface area contributed by atoms with Gasteiger partial charge in [-0.25, -0.2) is 0 Å². The Morgan fingerprint density at radius 2 is 1.84 bits per heavy atom. The Hall–Kier alpha value is -2.80. The number of H-pyrrole nitrogens is 1. The highest BCUT2D eigenvalue weighted by atomic mass is 79.9. The third-order valence-electron chi connectivity index (χ3n) is 5.25. The predicted octanol–water partition coefficient (Wildman–Crippen LogP) is 5.95. The lowest BCUT2D eigenvalue weighted by molar-refractivity contribution is -0.139. The van der Waals surface area contributed by atoms with Crippen LogP contribution in [-0.4, -0.2) is 22.1 Å². The fourth-order valence-electron chi connectivity index (χ4n) is 3.52. The molecule has 0 saturated heterocycles. The molecule has 5 nitrogen and oxygen atoms in total. The number of benzene rings is 3. The summed E-state index contributed by atoms with van der Waals surface area (Å²) in [6.45, 7) is 0.856. The minimum absolute atomic E-state index is 0.392. The van der Waals surface area contributed by atoms with E-state index in [1.54, 1.807) is 0 Å². The molecule has 4 rings (SSSR count). The maximum atomic E-state index is 11.8. The molecule has 0 aliphatic carbocycles. The number of fused-ring (bicyclic) bond motifs is 1. The minimum atomic E-state index is -0.878. The molecule has 0 fully saturated rings. The van der Waals surface area contributed by atoms with E-state index in [1.807, 2.05) is 72.9 Å². The van der Waals surface area contributed by atoms with Gasteiger partial charge in [0.05, 0.1) is 4.47 Å². The summed E-state index contributed by atoms with van der Waals surface area (Å²) in [5, 5.41) is 14.6. The number of para-hydroxylation sites is 1. The number of carboxylic acid groups (broad SMARTS) is 1. The molecule has 1 heterocycles. The molecule has 0 aliphatic rings. The smallest absolute Gasteiger partial charge is 0.321 e. The van der Waals surface area contributed by atoms with Gasteiger partial charge in [-0.15, -0.1) is 0 Å². The van der Waals surface area contributed by atoms with Crippen LogP contribution in [0.5, 0.6) is 5.75 Å². The fraction of sp³-hybridized carbons (Fsp3) is 0.160. The number of hydrogen-bond acceptors (Lipinski definition) is 3. The van der Waals surface area contributed by atoms with Crippen LogP contribution >= 0.6 is 27.5 Å². The van der Waals surface area contributed by atoms with Crippen molar-refractivity contribution in [2.24, 2.45) is 0 Å². The highest BCUT2D eigenvalue weighted by Crippen LogP contribution is 2.27. The molecule has 0 spiro atoms. The largest absolute Gasteiger partial charge is 0.488 e. The molecule has 0 saturated carbocycles. The van der Waals surface area contributed by atoms with Crippen LogP contribution < -0.4 is 10.1 Å². The number of ether oxygens (including phenoxy) is 1. The van der Waals surface area contributed by atoms with Crippen LogP contribution in [0.25, 0.3) is 10.9 Å². The maximum absolute atomic E-state index is 11.8. The lowest BCUT2D eigenvalue weighted by Gasteiger charge is -2.15. The van der Waals surface area contributed by atoms with Crippen LogP contribution in [0.4, 0.5) is 0 Å². The van der Waals surface area contributed by atoms with Crippen LogP contribution in [0.1, 0.15) is 16.7 Å². The zero-order valence-corrected chi connectivity index (χ0v) is 19.5. The Morgan fingerprint density at radius 1 is 1.09 bits per heavy atom. The molecular weight excluding hydrogens is 492 g/mol. The van der Waals surface area contributed by atoms with Crippen molar-refractivity contribution in [2.45, 2.75) is 25.6 Å². The van der Waals surface area contributed by atoms with Gasteiger partial charge in [-0.3, -0.25) is 4.79 Å². The first-order chi connectivity index (χ1) is 15.5. The van der Waals surface area contributed by atoms with E-state index in [0.29, 0.717) is 24.6 Å². The number of hydrogen-bond donors (Lipinski definition) is 3. The lowest BCUT2D eigenvalue weighted by atomic mass is 10.0. The highest BCUT2D eigenvalue weighted by Gasteiger charge is 2.19. The van der Waals surface area contributed by atoms with E-state index < -0.39 is 12.0 Å². The van der Waals surface area contributed by atoms with Gasteiger partial charge in [0.2, 0.25) is 0 Å². The Balaban J connectivity index is 1.37. The predicted molar refractivity (Wildman–Crippen MR) is 130 cm³/mol. The van der Waals surface area contributed by atoms with E-state index in [4.69, 9.17) is 16.3 Å². The molecule has 32 heavy (non-hydrogen) atoms. The van der Waals surface area contributed by atoms with E-state index in [-0.39, 0.29) is 0 Å². The summed E-state index contributed by atoms with van der Waals surface area (Å²) in [4.78, 5) is 15.0. The average Bonchev–Trinajstić information content (AvgIpc) is 3.20. The third-order valence-corrected chi connectivity index (χ3v) is 6.13. The molecule has 3 N–H and O–H groups in total. The molecule has 0 aliphatic heterocycles. The molecule has 0 bridgehead atoms. The monoisotopic (exact) mass is 512 g/mol. The van der Waals surface area contributed by atoms with E-state index >= 15 is 0 Å². The Labute approximate surface area is 199 Å². The molecule has 1 aromatic heterocycles. The van der Waals surface area contributed by atoms with Gasteiger partial charge in [-0.05, 0) is 63.0 Å². The summed E-state index contributed by atoms with van der Waals surface area (Å²) >= 11 is 9.47. The number of nitrogens with one attached hydrogen (secondary N) is 2. The molecule has 3 aromatic carbocycles. The number of carboxylic acids is 1. The maximum Gasteiger partial charge on any atom is 0.321 e. The van der Waals surface area contributed by atoms with E-state index in [9.17, 15) is 9.90 Å². The molecule has 4 aromatic rings. The van der Waals surface area contributed by atoms with Gasteiger partial charge < -0.3 is 20.1 Å². The van der Waals surface area contributed by atoms with Gasteiger partial charge in [0.25, 0.3) is 0 Å². The molecule has 0 radical (unpaired) electrons.